The number of hydrogen-bond donors (Lipinski definition) is 3. The Labute approximate surface area is 161 Å². The van der Waals surface area contributed by atoms with Crippen LogP contribution in [-0.4, -0.2) is 39.8 Å². The van der Waals surface area contributed by atoms with E-state index < -0.39 is 23.8 Å². The molecule has 7 nitrogen and oxygen atoms in total. The molecule has 0 radical (unpaired) electrons. The van der Waals surface area contributed by atoms with Crippen LogP contribution in [0.4, 0.5) is 4.79 Å². The van der Waals surface area contributed by atoms with Gasteiger partial charge in [-0.1, -0.05) is 13.8 Å². The molecule has 0 aliphatic rings. The minimum Gasteiger partial charge on any atom is -0.444 e. The van der Waals surface area contributed by atoms with Crippen molar-refractivity contribution in [3.8, 4) is 0 Å². The van der Waals surface area contributed by atoms with Crippen LogP contribution in [0.2, 0.25) is 0 Å². The van der Waals surface area contributed by atoms with Crippen molar-refractivity contribution in [1.29, 1.82) is 0 Å². The Hall–Kier alpha value is -2.15. The van der Waals surface area contributed by atoms with Crippen molar-refractivity contribution in [3.05, 3.63) is 30.1 Å². The monoisotopic (exact) mass is 379 g/mol. The van der Waals surface area contributed by atoms with Crippen molar-refractivity contribution < 1.29 is 19.4 Å². The van der Waals surface area contributed by atoms with Gasteiger partial charge in [-0.15, -0.1) is 0 Å². The van der Waals surface area contributed by atoms with Gasteiger partial charge in [0.05, 0.1) is 12.1 Å². The highest BCUT2D eigenvalue weighted by Crippen LogP contribution is 2.20. The van der Waals surface area contributed by atoms with Gasteiger partial charge in [0.15, 0.2) is 0 Å². The average molecular weight is 380 g/mol. The second-order valence-corrected chi connectivity index (χ2v) is 8.16. The zero-order valence-corrected chi connectivity index (χ0v) is 17.2. The van der Waals surface area contributed by atoms with E-state index in [-0.39, 0.29) is 24.2 Å². The Bertz CT molecular complexity index is 599. The maximum Gasteiger partial charge on any atom is 0.407 e. The van der Waals surface area contributed by atoms with Crippen LogP contribution in [-0.2, 0) is 16.1 Å². The van der Waals surface area contributed by atoms with E-state index in [2.05, 4.69) is 15.6 Å². The first-order valence-corrected chi connectivity index (χ1v) is 9.33. The molecule has 1 rings (SSSR count). The standard InChI is InChI=1S/C20H33N3O4/c1-13(2)16(18(25)22-12-15-7-9-21-10-8-15)11-17(24)14(3)23-19(26)27-20(4,5)6/h7-10,13-14,16-17,24H,11-12H2,1-6H3,(H,22,25)(H,23,26)/t14-,16-,17-/m0/s1. The third kappa shape index (κ3) is 8.86. The van der Waals surface area contributed by atoms with Gasteiger partial charge in [-0.3, -0.25) is 9.78 Å². The van der Waals surface area contributed by atoms with E-state index in [0.717, 1.165) is 5.56 Å². The lowest BCUT2D eigenvalue weighted by Crippen LogP contribution is -2.45. The predicted molar refractivity (Wildman–Crippen MR) is 104 cm³/mol. The molecule has 0 fully saturated rings. The zero-order valence-electron chi connectivity index (χ0n) is 17.2. The van der Waals surface area contributed by atoms with Gasteiger partial charge in [-0.05, 0) is 57.7 Å². The number of aliphatic hydroxyl groups is 1. The van der Waals surface area contributed by atoms with E-state index in [4.69, 9.17) is 4.74 Å². The number of pyridine rings is 1. The molecular formula is C20H33N3O4. The quantitative estimate of drug-likeness (QED) is 0.645. The van der Waals surface area contributed by atoms with E-state index >= 15 is 0 Å². The number of carbonyl (C=O) groups excluding carboxylic acids is 2. The molecule has 0 saturated carbocycles. The fraction of sp³-hybridized carbons (Fsp3) is 0.650. The molecule has 2 amide bonds. The Morgan fingerprint density at radius 2 is 1.78 bits per heavy atom. The van der Waals surface area contributed by atoms with Gasteiger partial charge in [-0.2, -0.15) is 0 Å². The fourth-order valence-corrected chi connectivity index (χ4v) is 2.56. The molecule has 152 valence electrons. The summed E-state index contributed by atoms with van der Waals surface area (Å²) in [5, 5.41) is 16.0. The summed E-state index contributed by atoms with van der Waals surface area (Å²) in [5.41, 5.74) is 0.351. The predicted octanol–water partition coefficient (Wildman–Crippen LogP) is 2.63. The van der Waals surface area contributed by atoms with Gasteiger partial charge >= 0.3 is 6.09 Å². The number of rotatable bonds is 8. The van der Waals surface area contributed by atoms with Crippen LogP contribution >= 0.6 is 0 Å². The molecule has 3 atom stereocenters. The van der Waals surface area contributed by atoms with Gasteiger partial charge in [0, 0.05) is 24.9 Å². The van der Waals surface area contributed by atoms with Crippen molar-refractivity contribution in [1.82, 2.24) is 15.6 Å². The molecule has 1 heterocycles. The smallest absolute Gasteiger partial charge is 0.407 e. The Kier molecular flexibility index (Phi) is 8.69. The lowest BCUT2D eigenvalue weighted by molar-refractivity contribution is -0.127. The van der Waals surface area contributed by atoms with E-state index in [1.54, 1.807) is 40.1 Å². The summed E-state index contributed by atoms with van der Waals surface area (Å²) in [6, 6.07) is 3.15. The first kappa shape index (κ1) is 22.9. The van der Waals surface area contributed by atoms with Crippen LogP contribution in [0.5, 0.6) is 0 Å². The summed E-state index contributed by atoms with van der Waals surface area (Å²) < 4.78 is 5.20. The van der Waals surface area contributed by atoms with Crippen molar-refractivity contribution in [3.63, 3.8) is 0 Å². The number of nitrogens with one attached hydrogen (secondary N) is 2. The molecule has 0 unspecified atom stereocenters. The van der Waals surface area contributed by atoms with Crippen molar-refractivity contribution in [2.75, 3.05) is 0 Å². The minimum absolute atomic E-state index is 0.0471. The maximum absolute atomic E-state index is 12.6. The fourth-order valence-electron chi connectivity index (χ4n) is 2.56. The van der Waals surface area contributed by atoms with Gasteiger partial charge in [-0.25, -0.2) is 4.79 Å². The van der Waals surface area contributed by atoms with Crippen LogP contribution in [0.15, 0.2) is 24.5 Å². The highest BCUT2D eigenvalue weighted by atomic mass is 16.6. The van der Waals surface area contributed by atoms with E-state index in [9.17, 15) is 14.7 Å². The van der Waals surface area contributed by atoms with Crippen LogP contribution < -0.4 is 10.6 Å². The van der Waals surface area contributed by atoms with Crippen LogP contribution in [0.25, 0.3) is 0 Å². The number of ether oxygens (including phenoxy) is 1. The maximum atomic E-state index is 12.6. The lowest BCUT2D eigenvalue weighted by atomic mass is 9.87. The van der Waals surface area contributed by atoms with Crippen molar-refractivity contribution in [2.45, 2.75) is 72.3 Å². The largest absolute Gasteiger partial charge is 0.444 e. The number of nitrogens with zero attached hydrogens (tertiary/aromatic N) is 1. The summed E-state index contributed by atoms with van der Waals surface area (Å²) in [6.07, 6.45) is 2.15. The minimum atomic E-state index is -0.864. The Morgan fingerprint density at radius 1 is 1.19 bits per heavy atom. The molecule has 0 bridgehead atoms. The number of carbonyl (C=O) groups is 2. The Balaban J connectivity index is 2.58. The van der Waals surface area contributed by atoms with Crippen molar-refractivity contribution >= 4 is 12.0 Å². The molecule has 0 aliphatic carbocycles. The second-order valence-electron chi connectivity index (χ2n) is 8.16. The molecule has 0 saturated heterocycles. The molecule has 1 aromatic heterocycles. The van der Waals surface area contributed by atoms with E-state index in [1.165, 1.54) is 0 Å². The molecule has 0 aromatic carbocycles. The molecule has 7 heteroatoms. The summed E-state index contributed by atoms with van der Waals surface area (Å²) in [7, 11) is 0. The van der Waals surface area contributed by atoms with E-state index in [0.29, 0.717) is 6.54 Å². The molecule has 1 aromatic rings. The number of aliphatic hydroxyl groups excluding tert-OH is 1. The highest BCUT2D eigenvalue weighted by Gasteiger charge is 2.29. The molecule has 3 N–H and O–H groups in total. The normalized spacial score (nSPS) is 15.0. The first-order chi connectivity index (χ1) is 12.5. The summed E-state index contributed by atoms with van der Waals surface area (Å²) in [6.45, 7) is 11.3. The summed E-state index contributed by atoms with van der Waals surface area (Å²) in [5.74, 6) is -0.444. The van der Waals surface area contributed by atoms with Crippen molar-refractivity contribution in [2.24, 2.45) is 11.8 Å². The van der Waals surface area contributed by atoms with Crippen LogP contribution in [0.3, 0.4) is 0 Å². The summed E-state index contributed by atoms with van der Waals surface area (Å²) >= 11 is 0. The highest BCUT2D eigenvalue weighted by molar-refractivity contribution is 5.79. The third-order valence-corrected chi connectivity index (χ3v) is 4.17. The molecule has 27 heavy (non-hydrogen) atoms. The second kappa shape index (κ2) is 10.3. The topological polar surface area (TPSA) is 101 Å². The average Bonchev–Trinajstić information content (AvgIpc) is 2.56. The summed E-state index contributed by atoms with van der Waals surface area (Å²) in [4.78, 5) is 28.4. The lowest BCUT2D eigenvalue weighted by Gasteiger charge is -2.28. The number of aromatic nitrogens is 1. The molecule has 0 aliphatic heterocycles. The van der Waals surface area contributed by atoms with Gasteiger partial charge < -0.3 is 20.5 Å². The number of hydrogen-bond acceptors (Lipinski definition) is 5. The first-order valence-electron chi connectivity index (χ1n) is 9.33. The van der Waals surface area contributed by atoms with Crippen LogP contribution in [0, 0.1) is 11.8 Å². The SMILES string of the molecule is CC(C)[C@H](C[C@H](O)[C@H](C)NC(=O)OC(C)(C)C)C(=O)NCc1ccncc1. The van der Waals surface area contributed by atoms with Crippen LogP contribution in [0.1, 0.15) is 53.5 Å². The zero-order chi connectivity index (χ0) is 20.6. The van der Waals surface area contributed by atoms with Gasteiger partial charge in [0.25, 0.3) is 0 Å². The van der Waals surface area contributed by atoms with E-state index in [1.807, 2.05) is 26.0 Å². The molecule has 0 spiro atoms. The number of alkyl carbamates (subject to hydrolysis) is 1. The third-order valence-electron chi connectivity index (χ3n) is 4.17. The van der Waals surface area contributed by atoms with Gasteiger partial charge in [0.2, 0.25) is 5.91 Å². The molecular weight excluding hydrogens is 346 g/mol. The van der Waals surface area contributed by atoms with Gasteiger partial charge in [0.1, 0.15) is 5.60 Å². The Morgan fingerprint density at radius 3 is 2.30 bits per heavy atom. The number of amides is 2.